The number of benzene rings is 1. The van der Waals surface area contributed by atoms with E-state index in [4.69, 9.17) is 19.4 Å². The van der Waals surface area contributed by atoms with Crippen LogP contribution >= 0.6 is 11.3 Å². The Labute approximate surface area is 195 Å². The van der Waals surface area contributed by atoms with E-state index < -0.39 is 10.3 Å². The molecule has 1 fully saturated rings. The average molecular weight is 485 g/mol. The molecule has 2 atom stereocenters. The fraction of sp³-hybridized carbons (Fsp3) is 0.318. The first-order valence-electron chi connectivity index (χ1n) is 10.7. The molecular weight excluding hydrogens is 460 g/mol. The molecule has 4 aromatic rings. The number of hydrogen-bond donors (Lipinski definition) is 2. The molecule has 11 heteroatoms. The molecule has 172 valence electrons. The maximum absolute atomic E-state index is 11.0. The lowest BCUT2D eigenvalue weighted by molar-refractivity contribution is 0.256. The van der Waals surface area contributed by atoms with Gasteiger partial charge in [0, 0.05) is 28.7 Å². The molecule has 0 amide bonds. The number of aromatic nitrogens is 4. The number of rotatable bonds is 7. The molecule has 3 heterocycles. The summed E-state index contributed by atoms with van der Waals surface area (Å²) in [5.41, 5.74) is 3.45. The van der Waals surface area contributed by atoms with Crippen molar-refractivity contribution in [3.8, 4) is 22.0 Å². The van der Waals surface area contributed by atoms with Crippen molar-refractivity contribution in [2.75, 3.05) is 11.9 Å². The minimum Gasteiger partial charge on any atom is -0.367 e. The Hall–Kier alpha value is -2.86. The molecule has 9 nitrogen and oxygen atoms in total. The molecule has 1 saturated carbocycles. The number of thiazole rings is 1. The summed E-state index contributed by atoms with van der Waals surface area (Å²) in [4.78, 5) is 10.4. The summed E-state index contributed by atoms with van der Waals surface area (Å²) < 4.78 is 28.7. The first-order chi connectivity index (χ1) is 15.9. The summed E-state index contributed by atoms with van der Waals surface area (Å²) in [7, 11) is -3.91. The molecule has 0 spiro atoms. The highest BCUT2D eigenvalue weighted by Crippen LogP contribution is 2.34. The van der Waals surface area contributed by atoms with Crippen LogP contribution in [0.3, 0.4) is 0 Å². The van der Waals surface area contributed by atoms with Crippen LogP contribution in [-0.2, 0) is 14.5 Å². The summed E-state index contributed by atoms with van der Waals surface area (Å²) in [6.07, 6.45) is 4.32. The van der Waals surface area contributed by atoms with Gasteiger partial charge in [0.25, 0.3) is 0 Å². The quantitative estimate of drug-likeness (QED) is 0.410. The monoisotopic (exact) mass is 484 g/mol. The molecule has 1 aromatic carbocycles. The Balaban J connectivity index is 1.36. The van der Waals surface area contributed by atoms with Gasteiger partial charge in [-0.1, -0.05) is 30.3 Å². The predicted molar refractivity (Wildman–Crippen MR) is 128 cm³/mol. The van der Waals surface area contributed by atoms with Gasteiger partial charge < -0.3 is 5.32 Å². The molecule has 1 aliphatic rings. The van der Waals surface area contributed by atoms with Gasteiger partial charge in [-0.2, -0.15) is 18.0 Å². The van der Waals surface area contributed by atoms with Crippen molar-refractivity contribution in [2.24, 2.45) is 11.1 Å². The van der Waals surface area contributed by atoms with E-state index in [1.54, 1.807) is 22.0 Å². The molecular formula is C22H24N6O3S2. The third-order valence-electron chi connectivity index (χ3n) is 5.78. The number of fused-ring (bicyclic) bond motifs is 1. The zero-order valence-corrected chi connectivity index (χ0v) is 19.6. The molecule has 1 aliphatic carbocycles. The van der Waals surface area contributed by atoms with Crippen LogP contribution in [0.5, 0.6) is 0 Å². The molecule has 0 bridgehead atoms. The fourth-order valence-electron chi connectivity index (χ4n) is 4.22. The molecule has 33 heavy (non-hydrogen) atoms. The van der Waals surface area contributed by atoms with Gasteiger partial charge >= 0.3 is 10.3 Å². The highest BCUT2D eigenvalue weighted by Gasteiger charge is 2.27. The smallest absolute Gasteiger partial charge is 0.333 e. The number of anilines is 1. The van der Waals surface area contributed by atoms with E-state index in [-0.39, 0.29) is 18.6 Å². The van der Waals surface area contributed by atoms with Crippen molar-refractivity contribution < 1.29 is 12.6 Å². The zero-order chi connectivity index (χ0) is 23.0. The lowest BCUT2D eigenvalue weighted by Crippen LogP contribution is -2.21. The molecule has 5 rings (SSSR count). The first kappa shape index (κ1) is 22.0. The SMILES string of the molecule is Cc1sc(-c2ccccc2)nc1-c1cc2nccc(NC3CC[C@@H](COS(N)(=O)=O)C3)n2n1. The maximum atomic E-state index is 11.0. The van der Waals surface area contributed by atoms with E-state index in [1.807, 2.05) is 30.3 Å². The van der Waals surface area contributed by atoms with Crippen LogP contribution in [0.15, 0.2) is 48.7 Å². The minimum atomic E-state index is -3.91. The average Bonchev–Trinajstić information content (AvgIpc) is 3.51. The normalized spacial score (nSPS) is 18.7. The summed E-state index contributed by atoms with van der Waals surface area (Å²) in [6.45, 7) is 2.17. The van der Waals surface area contributed by atoms with Crippen LogP contribution in [0.1, 0.15) is 24.1 Å². The number of hydrogen-bond acceptors (Lipinski definition) is 8. The van der Waals surface area contributed by atoms with Crippen molar-refractivity contribution in [2.45, 2.75) is 32.2 Å². The van der Waals surface area contributed by atoms with E-state index >= 15 is 0 Å². The topological polar surface area (TPSA) is 124 Å². The molecule has 3 N–H and O–H groups in total. The number of nitrogens with one attached hydrogen (secondary N) is 1. The van der Waals surface area contributed by atoms with Crippen LogP contribution in [-0.4, -0.2) is 40.6 Å². The fourth-order valence-corrected chi connectivity index (χ4v) is 5.53. The van der Waals surface area contributed by atoms with E-state index in [2.05, 4.69) is 29.4 Å². The second-order valence-corrected chi connectivity index (χ2v) is 10.6. The Morgan fingerprint density at radius 1 is 1.24 bits per heavy atom. The van der Waals surface area contributed by atoms with E-state index in [1.165, 1.54) is 0 Å². The van der Waals surface area contributed by atoms with Crippen molar-refractivity contribution in [1.82, 2.24) is 19.6 Å². The number of nitrogens with zero attached hydrogens (tertiary/aromatic N) is 4. The van der Waals surface area contributed by atoms with Gasteiger partial charge in [-0.15, -0.1) is 11.3 Å². The highest BCUT2D eigenvalue weighted by atomic mass is 32.2. The lowest BCUT2D eigenvalue weighted by atomic mass is 10.1. The molecule has 3 aromatic heterocycles. The van der Waals surface area contributed by atoms with Crippen LogP contribution in [0.4, 0.5) is 5.82 Å². The predicted octanol–water partition coefficient (Wildman–Crippen LogP) is 3.63. The van der Waals surface area contributed by atoms with Gasteiger partial charge in [-0.05, 0) is 38.2 Å². The standard InChI is InChI=1S/C22H24N6O3S2/c1-14-21(26-22(32-14)16-5-3-2-4-6-16)18-12-20-24-10-9-19(28(20)27-18)25-17-8-7-15(11-17)13-31-33(23,29)30/h2-6,9-10,12,15,17,25H,7-8,11,13H2,1H3,(H2,23,29,30)/t15-,17?/m1/s1. The van der Waals surface area contributed by atoms with Gasteiger partial charge in [-0.3, -0.25) is 4.18 Å². The molecule has 1 unspecified atom stereocenters. The van der Waals surface area contributed by atoms with Gasteiger partial charge in [0.2, 0.25) is 0 Å². The Kier molecular flexibility index (Phi) is 5.87. The van der Waals surface area contributed by atoms with Crippen molar-refractivity contribution in [1.29, 1.82) is 0 Å². The number of nitrogens with two attached hydrogens (primary N) is 1. The molecule has 0 radical (unpaired) electrons. The summed E-state index contributed by atoms with van der Waals surface area (Å²) >= 11 is 1.65. The van der Waals surface area contributed by atoms with Crippen LogP contribution in [0, 0.1) is 12.8 Å². The van der Waals surface area contributed by atoms with Gasteiger partial charge in [0.05, 0.1) is 6.61 Å². The maximum Gasteiger partial charge on any atom is 0.333 e. The lowest BCUT2D eigenvalue weighted by Gasteiger charge is -2.15. The summed E-state index contributed by atoms with van der Waals surface area (Å²) in [5, 5.41) is 14.2. The van der Waals surface area contributed by atoms with Crippen molar-refractivity contribution in [3.05, 3.63) is 53.5 Å². The van der Waals surface area contributed by atoms with Crippen LogP contribution < -0.4 is 10.5 Å². The second kappa shape index (κ2) is 8.82. The molecule has 0 aliphatic heterocycles. The Bertz CT molecular complexity index is 1380. The van der Waals surface area contributed by atoms with E-state index in [0.717, 1.165) is 57.6 Å². The number of aryl methyl sites for hydroxylation is 1. The van der Waals surface area contributed by atoms with E-state index in [0.29, 0.717) is 0 Å². The van der Waals surface area contributed by atoms with Crippen molar-refractivity contribution >= 4 is 33.1 Å². The van der Waals surface area contributed by atoms with Gasteiger partial charge in [-0.25, -0.2) is 15.1 Å². The summed E-state index contributed by atoms with van der Waals surface area (Å²) in [6, 6.07) is 14.1. The Morgan fingerprint density at radius 3 is 2.85 bits per heavy atom. The largest absolute Gasteiger partial charge is 0.367 e. The van der Waals surface area contributed by atoms with Gasteiger partial charge in [0.1, 0.15) is 22.2 Å². The van der Waals surface area contributed by atoms with E-state index in [9.17, 15) is 8.42 Å². The Morgan fingerprint density at radius 2 is 2.06 bits per heavy atom. The second-order valence-electron chi connectivity index (χ2n) is 8.22. The van der Waals surface area contributed by atoms with Crippen LogP contribution in [0.25, 0.3) is 27.6 Å². The van der Waals surface area contributed by atoms with Gasteiger partial charge in [0.15, 0.2) is 5.65 Å². The summed E-state index contributed by atoms with van der Waals surface area (Å²) in [5.74, 6) is 0.973. The first-order valence-corrected chi connectivity index (χ1v) is 13.0. The third kappa shape index (κ3) is 4.91. The molecule has 0 saturated heterocycles. The third-order valence-corrected chi connectivity index (χ3v) is 7.26. The highest BCUT2D eigenvalue weighted by molar-refractivity contribution is 7.84. The zero-order valence-electron chi connectivity index (χ0n) is 18.0. The minimum absolute atomic E-state index is 0.113. The van der Waals surface area contributed by atoms with Crippen LogP contribution in [0.2, 0.25) is 0 Å². The van der Waals surface area contributed by atoms with Crippen molar-refractivity contribution in [3.63, 3.8) is 0 Å².